The lowest BCUT2D eigenvalue weighted by molar-refractivity contribution is -0.146. The SMILES string of the molecule is O=C(O)[C@H]1CN(c2cc(C(F)(F)F)nc(N3CCCC3)n2)CC[C@H]1O. The third kappa shape index (κ3) is 3.78. The van der Waals surface area contributed by atoms with E-state index >= 15 is 0 Å². The summed E-state index contributed by atoms with van der Waals surface area (Å²) in [7, 11) is 0. The lowest BCUT2D eigenvalue weighted by Crippen LogP contribution is -2.47. The van der Waals surface area contributed by atoms with Crippen molar-refractivity contribution in [1.82, 2.24) is 9.97 Å². The molecule has 0 aromatic carbocycles. The van der Waals surface area contributed by atoms with Crippen LogP contribution in [0.25, 0.3) is 0 Å². The second-order valence-corrected chi connectivity index (χ2v) is 6.35. The van der Waals surface area contributed by atoms with Crippen LogP contribution in [0.4, 0.5) is 24.9 Å². The maximum Gasteiger partial charge on any atom is 0.433 e. The van der Waals surface area contributed by atoms with E-state index < -0.39 is 29.9 Å². The maximum atomic E-state index is 13.2. The third-order valence-electron chi connectivity index (χ3n) is 4.60. The Bertz CT molecular complexity index is 649. The zero-order chi connectivity index (χ0) is 18.2. The fourth-order valence-corrected chi connectivity index (χ4v) is 3.18. The van der Waals surface area contributed by atoms with E-state index in [0.717, 1.165) is 18.9 Å². The van der Waals surface area contributed by atoms with E-state index in [2.05, 4.69) is 9.97 Å². The smallest absolute Gasteiger partial charge is 0.433 e. The van der Waals surface area contributed by atoms with Crippen LogP contribution in [0.3, 0.4) is 0 Å². The highest BCUT2D eigenvalue weighted by Gasteiger charge is 2.37. The zero-order valence-electron chi connectivity index (χ0n) is 13.4. The number of anilines is 2. The van der Waals surface area contributed by atoms with Crippen LogP contribution in [0.1, 0.15) is 25.0 Å². The second kappa shape index (κ2) is 6.66. The summed E-state index contributed by atoms with van der Waals surface area (Å²) in [6, 6.07) is 0.843. The van der Waals surface area contributed by atoms with Crippen molar-refractivity contribution in [1.29, 1.82) is 0 Å². The first-order valence-corrected chi connectivity index (χ1v) is 8.13. The Morgan fingerprint density at radius 1 is 1.16 bits per heavy atom. The molecule has 2 N–H and O–H groups in total. The second-order valence-electron chi connectivity index (χ2n) is 6.35. The molecule has 0 amide bonds. The summed E-state index contributed by atoms with van der Waals surface area (Å²) >= 11 is 0. The average Bonchev–Trinajstić information content (AvgIpc) is 3.08. The number of carboxylic acids is 1. The first-order valence-electron chi connectivity index (χ1n) is 8.13. The number of aliphatic hydroxyl groups is 1. The topological polar surface area (TPSA) is 89.8 Å². The highest BCUT2D eigenvalue weighted by Crippen LogP contribution is 2.33. The summed E-state index contributed by atoms with van der Waals surface area (Å²) in [5.74, 6) is -2.18. The van der Waals surface area contributed by atoms with E-state index in [1.54, 1.807) is 4.90 Å². The minimum Gasteiger partial charge on any atom is -0.481 e. The van der Waals surface area contributed by atoms with E-state index in [9.17, 15) is 28.2 Å². The van der Waals surface area contributed by atoms with Crippen molar-refractivity contribution in [2.24, 2.45) is 5.92 Å². The van der Waals surface area contributed by atoms with Crippen LogP contribution in [-0.4, -0.2) is 58.4 Å². The van der Waals surface area contributed by atoms with Crippen molar-refractivity contribution in [3.8, 4) is 0 Å². The minimum atomic E-state index is -4.62. The van der Waals surface area contributed by atoms with Gasteiger partial charge in [-0.25, -0.2) is 4.98 Å². The van der Waals surface area contributed by atoms with E-state index in [1.807, 2.05) is 0 Å². The van der Waals surface area contributed by atoms with Crippen LogP contribution in [0.15, 0.2) is 6.07 Å². The molecule has 3 rings (SSSR count). The molecular weight excluding hydrogens is 341 g/mol. The van der Waals surface area contributed by atoms with Crippen LogP contribution in [0, 0.1) is 5.92 Å². The molecule has 3 heterocycles. The molecule has 0 unspecified atom stereocenters. The monoisotopic (exact) mass is 360 g/mol. The van der Waals surface area contributed by atoms with Gasteiger partial charge in [-0.1, -0.05) is 0 Å². The van der Waals surface area contributed by atoms with Gasteiger partial charge in [-0.15, -0.1) is 0 Å². The molecule has 2 saturated heterocycles. The van der Waals surface area contributed by atoms with Crippen molar-refractivity contribution in [2.75, 3.05) is 36.0 Å². The highest BCUT2D eigenvalue weighted by atomic mass is 19.4. The molecule has 0 radical (unpaired) electrons. The molecule has 2 atom stereocenters. The molecule has 0 saturated carbocycles. The Labute approximate surface area is 142 Å². The molecule has 25 heavy (non-hydrogen) atoms. The minimum absolute atomic E-state index is 0.0142. The number of aliphatic carboxylic acids is 1. The van der Waals surface area contributed by atoms with Gasteiger partial charge < -0.3 is 20.0 Å². The number of alkyl halides is 3. The maximum absolute atomic E-state index is 13.2. The van der Waals surface area contributed by atoms with Gasteiger partial charge in [-0.05, 0) is 19.3 Å². The predicted octanol–water partition coefficient (Wildman–Crippen LogP) is 1.37. The number of hydrogen-bond acceptors (Lipinski definition) is 6. The Morgan fingerprint density at radius 3 is 2.44 bits per heavy atom. The lowest BCUT2D eigenvalue weighted by Gasteiger charge is -2.35. The van der Waals surface area contributed by atoms with Gasteiger partial charge in [0.25, 0.3) is 0 Å². The molecular formula is C15H19F3N4O3. The normalized spacial score (nSPS) is 24.6. The lowest BCUT2D eigenvalue weighted by atomic mass is 9.95. The summed E-state index contributed by atoms with van der Waals surface area (Å²) in [6.45, 7) is 1.33. The largest absolute Gasteiger partial charge is 0.481 e. The van der Waals surface area contributed by atoms with E-state index in [4.69, 9.17) is 0 Å². The van der Waals surface area contributed by atoms with Crippen molar-refractivity contribution >= 4 is 17.7 Å². The van der Waals surface area contributed by atoms with Crippen LogP contribution in [0.2, 0.25) is 0 Å². The van der Waals surface area contributed by atoms with E-state index in [1.165, 1.54) is 4.90 Å². The van der Waals surface area contributed by atoms with Gasteiger partial charge in [0.05, 0.1) is 6.10 Å². The first kappa shape index (κ1) is 17.7. The number of aliphatic hydroxyl groups excluding tert-OH is 1. The zero-order valence-corrected chi connectivity index (χ0v) is 13.4. The Hall–Kier alpha value is -2.10. The average molecular weight is 360 g/mol. The summed E-state index contributed by atoms with van der Waals surface area (Å²) < 4.78 is 39.6. The van der Waals surface area contributed by atoms with Crippen molar-refractivity contribution in [2.45, 2.75) is 31.5 Å². The molecule has 138 valence electrons. The van der Waals surface area contributed by atoms with Crippen LogP contribution in [0.5, 0.6) is 0 Å². The van der Waals surface area contributed by atoms with Crippen LogP contribution >= 0.6 is 0 Å². The molecule has 1 aromatic heterocycles. The number of aromatic nitrogens is 2. The van der Waals surface area contributed by atoms with Gasteiger partial charge in [0.1, 0.15) is 11.7 Å². The highest BCUT2D eigenvalue weighted by molar-refractivity contribution is 5.72. The van der Waals surface area contributed by atoms with E-state index in [0.29, 0.717) is 13.1 Å². The van der Waals surface area contributed by atoms with Crippen molar-refractivity contribution < 1.29 is 28.2 Å². The summed E-state index contributed by atoms with van der Waals surface area (Å²) in [5, 5.41) is 19.0. The number of halogens is 3. The number of carboxylic acid groups (broad SMARTS) is 1. The number of nitrogens with zero attached hydrogens (tertiary/aromatic N) is 4. The fourth-order valence-electron chi connectivity index (χ4n) is 3.18. The van der Waals surface area contributed by atoms with Crippen LogP contribution in [-0.2, 0) is 11.0 Å². The number of rotatable bonds is 3. The molecule has 7 nitrogen and oxygen atoms in total. The predicted molar refractivity (Wildman–Crippen MR) is 82.4 cm³/mol. The third-order valence-corrected chi connectivity index (χ3v) is 4.60. The van der Waals surface area contributed by atoms with Crippen LogP contribution < -0.4 is 9.80 Å². The Morgan fingerprint density at radius 2 is 1.84 bits per heavy atom. The molecule has 0 aliphatic carbocycles. The van der Waals surface area contributed by atoms with Gasteiger partial charge in [-0.3, -0.25) is 4.79 Å². The number of carbonyl (C=O) groups is 1. The van der Waals surface area contributed by atoms with Gasteiger partial charge >= 0.3 is 12.1 Å². The van der Waals surface area contributed by atoms with Gasteiger partial charge in [-0.2, -0.15) is 18.2 Å². The molecule has 2 aliphatic heterocycles. The van der Waals surface area contributed by atoms with Gasteiger partial charge in [0, 0.05) is 32.2 Å². The standard InChI is InChI=1S/C15H19F3N4O3/c16-15(17,18)11-7-12(20-14(19-11)21-4-1-2-5-21)22-6-3-10(23)9(8-22)13(24)25/h7,9-10,23H,1-6,8H2,(H,24,25)/t9-,10+/m0/s1. The molecule has 2 aliphatic rings. The van der Waals surface area contributed by atoms with Crippen molar-refractivity contribution in [3.63, 3.8) is 0 Å². The molecule has 1 aromatic rings. The van der Waals surface area contributed by atoms with Crippen molar-refractivity contribution in [3.05, 3.63) is 11.8 Å². The molecule has 10 heteroatoms. The summed E-state index contributed by atoms with van der Waals surface area (Å²) in [6.07, 6.45) is -3.75. The fraction of sp³-hybridized carbons (Fsp3) is 0.667. The Kier molecular flexibility index (Phi) is 4.72. The molecule has 0 bridgehead atoms. The van der Waals surface area contributed by atoms with E-state index in [-0.39, 0.29) is 31.3 Å². The molecule has 0 spiro atoms. The molecule has 2 fully saturated rings. The van der Waals surface area contributed by atoms with Gasteiger partial charge in [0.15, 0.2) is 5.69 Å². The number of hydrogen-bond donors (Lipinski definition) is 2. The Balaban J connectivity index is 1.94. The summed E-state index contributed by atoms with van der Waals surface area (Å²) in [4.78, 5) is 22.3. The quantitative estimate of drug-likeness (QED) is 0.841. The summed E-state index contributed by atoms with van der Waals surface area (Å²) in [5.41, 5.74) is -1.04. The van der Waals surface area contributed by atoms with Gasteiger partial charge in [0.2, 0.25) is 5.95 Å². The number of piperidine rings is 1. The first-order chi connectivity index (χ1) is 11.8.